The molecule has 1 atom stereocenters. The van der Waals surface area contributed by atoms with E-state index >= 15 is 0 Å². The SMILES string of the molecule is CC1(C)CC(=O)C2=C(C1)NC(N)=C(C#N)[C@H]2c1ccc(O)cc1. The first-order valence-corrected chi connectivity index (χ1v) is 7.54. The Bertz CT molecular complexity index is 779. The minimum atomic E-state index is -0.472. The fraction of sp³-hybridized carbons (Fsp3) is 0.333. The number of nitrogens with one attached hydrogen (secondary N) is 1. The average molecular weight is 309 g/mol. The van der Waals surface area contributed by atoms with E-state index in [1.54, 1.807) is 24.3 Å². The van der Waals surface area contributed by atoms with Gasteiger partial charge < -0.3 is 16.2 Å². The van der Waals surface area contributed by atoms with E-state index in [9.17, 15) is 15.2 Å². The van der Waals surface area contributed by atoms with Crippen LogP contribution in [0, 0.1) is 16.7 Å². The molecular weight excluding hydrogens is 290 g/mol. The normalized spacial score (nSPS) is 23.2. The summed E-state index contributed by atoms with van der Waals surface area (Å²) in [6.45, 7) is 4.09. The number of hydrogen-bond donors (Lipinski definition) is 3. The monoisotopic (exact) mass is 309 g/mol. The second-order valence-electron chi connectivity index (χ2n) is 6.92. The standard InChI is InChI=1S/C18H19N3O2/c1-18(2)7-13-16(14(23)8-18)15(12(9-19)17(20)21-13)10-3-5-11(22)6-4-10/h3-6,15,21-22H,7-8,20H2,1-2H3/t15-/m1/s1. The molecule has 0 fully saturated rings. The zero-order valence-corrected chi connectivity index (χ0v) is 13.2. The summed E-state index contributed by atoms with van der Waals surface area (Å²) in [4.78, 5) is 12.7. The van der Waals surface area contributed by atoms with Crippen molar-refractivity contribution in [1.82, 2.24) is 5.32 Å². The summed E-state index contributed by atoms with van der Waals surface area (Å²) in [5.41, 5.74) is 8.47. The summed E-state index contributed by atoms with van der Waals surface area (Å²) in [5, 5.41) is 22.1. The average Bonchev–Trinajstić information content (AvgIpc) is 2.45. The largest absolute Gasteiger partial charge is 0.508 e. The molecule has 5 nitrogen and oxygen atoms in total. The van der Waals surface area contributed by atoms with Gasteiger partial charge in [0.25, 0.3) is 0 Å². The first kappa shape index (κ1) is 15.2. The van der Waals surface area contributed by atoms with Crippen LogP contribution in [0.1, 0.15) is 38.2 Å². The van der Waals surface area contributed by atoms with Gasteiger partial charge in [0.1, 0.15) is 11.6 Å². The van der Waals surface area contributed by atoms with Crippen molar-refractivity contribution in [3.05, 3.63) is 52.5 Å². The maximum Gasteiger partial charge on any atom is 0.162 e. The number of carbonyl (C=O) groups excluding carboxylic acids is 1. The van der Waals surface area contributed by atoms with Gasteiger partial charge >= 0.3 is 0 Å². The van der Waals surface area contributed by atoms with Gasteiger partial charge in [-0.15, -0.1) is 0 Å². The van der Waals surface area contributed by atoms with Crippen LogP contribution in [0.15, 0.2) is 46.9 Å². The van der Waals surface area contributed by atoms with E-state index < -0.39 is 5.92 Å². The molecule has 0 saturated heterocycles. The fourth-order valence-electron chi connectivity index (χ4n) is 3.44. The number of allylic oxidation sites excluding steroid dienone is 3. The van der Waals surface area contributed by atoms with Crippen molar-refractivity contribution in [2.45, 2.75) is 32.6 Å². The number of carbonyl (C=O) groups is 1. The van der Waals surface area contributed by atoms with E-state index in [0.717, 1.165) is 11.3 Å². The Morgan fingerprint density at radius 3 is 2.57 bits per heavy atom. The Labute approximate surface area is 135 Å². The number of aromatic hydroxyl groups is 1. The highest BCUT2D eigenvalue weighted by molar-refractivity contribution is 6.00. The van der Waals surface area contributed by atoms with Crippen molar-refractivity contribution < 1.29 is 9.90 Å². The fourth-order valence-corrected chi connectivity index (χ4v) is 3.44. The summed E-state index contributed by atoms with van der Waals surface area (Å²) >= 11 is 0. The highest BCUT2D eigenvalue weighted by Crippen LogP contribution is 2.45. The lowest BCUT2D eigenvalue weighted by atomic mass is 9.69. The van der Waals surface area contributed by atoms with Crippen molar-refractivity contribution in [1.29, 1.82) is 5.26 Å². The van der Waals surface area contributed by atoms with E-state index in [0.29, 0.717) is 29.8 Å². The van der Waals surface area contributed by atoms with E-state index in [-0.39, 0.29) is 16.9 Å². The smallest absolute Gasteiger partial charge is 0.162 e. The number of nitrogens with two attached hydrogens (primary N) is 1. The van der Waals surface area contributed by atoms with Crippen LogP contribution in [0.5, 0.6) is 5.75 Å². The molecule has 118 valence electrons. The van der Waals surface area contributed by atoms with Gasteiger partial charge in [-0.2, -0.15) is 5.26 Å². The van der Waals surface area contributed by atoms with Crippen LogP contribution >= 0.6 is 0 Å². The predicted molar refractivity (Wildman–Crippen MR) is 85.9 cm³/mol. The lowest BCUT2D eigenvalue weighted by Crippen LogP contribution is -2.39. The Balaban J connectivity index is 2.17. The number of ketones is 1. The summed E-state index contributed by atoms with van der Waals surface area (Å²) in [5.74, 6) is 0.0146. The van der Waals surface area contributed by atoms with Crippen molar-refractivity contribution in [2.75, 3.05) is 0 Å². The maximum atomic E-state index is 12.7. The number of nitriles is 1. The molecule has 1 heterocycles. The first-order chi connectivity index (χ1) is 10.8. The Hall–Kier alpha value is -2.74. The lowest BCUT2D eigenvalue weighted by Gasteiger charge is -2.38. The number of phenolic OH excluding ortho intramolecular Hbond substituents is 1. The molecule has 0 aromatic heterocycles. The summed E-state index contributed by atoms with van der Waals surface area (Å²) in [6, 6.07) is 8.71. The van der Waals surface area contributed by atoms with E-state index in [4.69, 9.17) is 5.73 Å². The maximum absolute atomic E-state index is 12.7. The topological polar surface area (TPSA) is 99.1 Å². The van der Waals surface area contributed by atoms with E-state index in [2.05, 4.69) is 11.4 Å². The summed E-state index contributed by atoms with van der Waals surface area (Å²) < 4.78 is 0. The Kier molecular flexibility index (Phi) is 3.41. The minimum absolute atomic E-state index is 0.0436. The molecule has 0 spiro atoms. The van der Waals surface area contributed by atoms with E-state index in [1.165, 1.54) is 0 Å². The molecule has 23 heavy (non-hydrogen) atoms. The molecule has 0 unspecified atom stereocenters. The van der Waals surface area contributed by atoms with Crippen LogP contribution in [0.2, 0.25) is 0 Å². The molecule has 0 amide bonds. The molecule has 1 aliphatic carbocycles. The van der Waals surface area contributed by atoms with Gasteiger partial charge in [-0.3, -0.25) is 4.79 Å². The van der Waals surface area contributed by atoms with Crippen LogP contribution in [0.3, 0.4) is 0 Å². The zero-order chi connectivity index (χ0) is 16.8. The number of phenols is 1. The molecule has 1 aromatic rings. The number of Topliss-reactive ketones (excluding diaryl/α,β-unsaturated/α-hetero) is 1. The molecule has 3 rings (SSSR count). The molecular formula is C18H19N3O2. The van der Waals surface area contributed by atoms with E-state index in [1.807, 2.05) is 13.8 Å². The van der Waals surface area contributed by atoms with Crippen LogP contribution in [0.4, 0.5) is 0 Å². The van der Waals surface area contributed by atoms with Gasteiger partial charge in [-0.05, 0) is 29.5 Å². The molecule has 0 saturated carbocycles. The van der Waals surface area contributed by atoms with Gasteiger partial charge in [0.15, 0.2) is 5.78 Å². The van der Waals surface area contributed by atoms with Gasteiger partial charge in [-0.1, -0.05) is 26.0 Å². The molecule has 5 heteroatoms. The van der Waals surface area contributed by atoms with Crippen LogP contribution < -0.4 is 11.1 Å². The second-order valence-corrected chi connectivity index (χ2v) is 6.92. The lowest BCUT2D eigenvalue weighted by molar-refractivity contribution is -0.118. The number of rotatable bonds is 1. The molecule has 4 N–H and O–H groups in total. The zero-order valence-electron chi connectivity index (χ0n) is 13.2. The third-order valence-electron chi connectivity index (χ3n) is 4.42. The quantitative estimate of drug-likeness (QED) is 0.740. The van der Waals surface area contributed by atoms with Crippen LogP contribution in [0.25, 0.3) is 0 Å². The Morgan fingerprint density at radius 1 is 1.30 bits per heavy atom. The third kappa shape index (κ3) is 2.57. The van der Waals surface area contributed by atoms with Crippen molar-refractivity contribution in [3.8, 4) is 11.8 Å². The molecule has 1 aromatic carbocycles. The van der Waals surface area contributed by atoms with Gasteiger partial charge in [0.2, 0.25) is 0 Å². The van der Waals surface area contributed by atoms with Crippen LogP contribution in [-0.2, 0) is 4.79 Å². The number of hydrogen-bond acceptors (Lipinski definition) is 5. The molecule has 0 radical (unpaired) electrons. The molecule has 2 aliphatic rings. The predicted octanol–water partition coefficient (Wildman–Crippen LogP) is 2.42. The number of dihydropyridines is 1. The highest BCUT2D eigenvalue weighted by atomic mass is 16.3. The van der Waals surface area contributed by atoms with Gasteiger partial charge in [-0.25, -0.2) is 0 Å². The second kappa shape index (κ2) is 5.17. The van der Waals surface area contributed by atoms with Gasteiger partial charge in [0.05, 0.1) is 17.6 Å². The van der Waals surface area contributed by atoms with Crippen LogP contribution in [-0.4, -0.2) is 10.9 Å². The summed E-state index contributed by atoms with van der Waals surface area (Å²) in [6.07, 6.45) is 1.16. The van der Waals surface area contributed by atoms with Gasteiger partial charge in [0, 0.05) is 17.7 Å². The highest BCUT2D eigenvalue weighted by Gasteiger charge is 2.41. The third-order valence-corrected chi connectivity index (χ3v) is 4.42. The molecule has 0 bridgehead atoms. The Morgan fingerprint density at radius 2 is 1.96 bits per heavy atom. The van der Waals surface area contributed by atoms with Crippen molar-refractivity contribution in [2.24, 2.45) is 11.1 Å². The number of nitrogens with zero attached hydrogens (tertiary/aromatic N) is 1. The minimum Gasteiger partial charge on any atom is -0.508 e. The first-order valence-electron chi connectivity index (χ1n) is 7.54. The molecule has 1 aliphatic heterocycles. The van der Waals surface area contributed by atoms with Crippen molar-refractivity contribution >= 4 is 5.78 Å². The number of benzene rings is 1. The van der Waals surface area contributed by atoms with Crippen molar-refractivity contribution in [3.63, 3.8) is 0 Å². The summed E-state index contributed by atoms with van der Waals surface area (Å²) in [7, 11) is 0.